The van der Waals surface area contributed by atoms with Crippen LogP contribution in [0.5, 0.6) is 5.88 Å². The van der Waals surface area contributed by atoms with Gasteiger partial charge in [0.2, 0.25) is 0 Å². The quantitative estimate of drug-likeness (QED) is 0.802. The summed E-state index contributed by atoms with van der Waals surface area (Å²) in [7, 11) is 1.46. The van der Waals surface area contributed by atoms with Gasteiger partial charge in [0.1, 0.15) is 0 Å². The number of ether oxygens (including phenoxy) is 2. The number of pyridine rings is 1. The highest BCUT2D eigenvalue weighted by atomic mass is 32.2. The maximum atomic E-state index is 13.0. The van der Waals surface area contributed by atoms with Crippen LogP contribution in [0.15, 0.2) is 46.2 Å². The topological polar surface area (TPSA) is 51.3 Å². The van der Waals surface area contributed by atoms with Crippen LogP contribution in [0.3, 0.4) is 0 Å². The van der Waals surface area contributed by atoms with Crippen LogP contribution in [0.4, 0.5) is 13.2 Å². The first kappa shape index (κ1) is 19.8. The second-order valence-electron chi connectivity index (χ2n) is 6.71. The summed E-state index contributed by atoms with van der Waals surface area (Å²) in [4.78, 5) is 15.8. The van der Waals surface area contributed by atoms with E-state index >= 15 is 0 Å². The smallest absolute Gasteiger partial charge is 0.416 e. The van der Waals surface area contributed by atoms with Crippen molar-refractivity contribution in [3.05, 3.63) is 57.9 Å². The first-order valence-corrected chi connectivity index (χ1v) is 9.26. The lowest BCUT2D eigenvalue weighted by Crippen LogP contribution is -2.33. The SMILES string of the molecule is COc1cc(=O)c(C2CC(C)(Sc3cccc(C(F)(F)F)c3)CCO2)c[nH]1. The van der Waals surface area contributed by atoms with Crippen molar-refractivity contribution in [2.45, 2.75) is 41.7 Å². The number of aromatic amines is 1. The molecule has 0 radical (unpaired) electrons. The van der Waals surface area contributed by atoms with Gasteiger partial charge >= 0.3 is 6.18 Å². The van der Waals surface area contributed by atoms with E-state index in [9.17, 15) is 18.0 Å². The largest absolute Gasteiger partial charge is 0.482 e. The Morgan fingerprint density at radius 2 is 2.11 bits per heavy atom. The molecule has 2 atom stereocenters. The number of nitrogens with one attached hydrogen (secondary N) is 1. The molecular weight excluding hydrogens is 379 g/mol. The van der Waals surface area contributed by atoms with Gasteiger partial charge in [-0.05, 0) is 38.0 Å². The van der Waals surface area contributed by atoms with Crippen LogP contribution in [0, 0.1) is 0 Å². The molecule has 1 aromatic heterocycles. The first-order valence-electron chi connectivity index (χ1n) is 8.45. The number of alkyl halides is 3. The van der Waals surface area contributed by atoms with Crippen molar-refractivity contribution in [2.75, 3.05) is 13.7 Å². The predicted molar refractivity (Wildman–Crippen MR) is 97.2 cm³/mol. The molecule has 8 heteroatoms. The van der Waals surface area contributed by atoms with Gasteiger partial charge in [0, 0.05) is 34.1 Å². The molecule has 0 bridgehead atoms. The van der Waals surface area contributed by atoms with Crippen LogP contribution < -0.4 is 10.2 Å². The molecule has 1 aromatic carbocycles. The number of rotatable bonds is 4. The molecule has 1 aliphatic rings. The monoisotopic (exact) mass is 399 g/mol. The van der Waals surface area contributed by atoms with Gasteiger partial charge in [-0.2, -0.15) is 13.2 Å². The minimum atomic E-state index is -4.37. The number of H-pyrrole nitrogens is 1. The fourth-order valence-corrected chi connectivity index (χ4v) is 4.44. The molecule has 1 aliphatic heterocycles. The maximum Gasteiger partial charge on any atom is 0.416 e. The zero-order chi connectivity index (χ0) is 19.7. The number of halogens is 3. The van der Waals surface area contributed by atoms with Crippen LogP contribution >= 0.6 is 11.8 Å². The Balaban J connectivity index is 1.80. The van der Waals surface area contributed by atoms with Gasteiger partial charge in [-0.25, -0.2) is 0 Å². The van der Waals surface area contributed by atoms with E-state index in [1.807, 2.05) is 6.92 Å². The zero-order valence-electron chi connectivity index (χ0n) is 14.9. The van der Waals surface area contributed by atoms with Crippen molar-refractivity contribution in [1.29, 1.82) is 0 Å². The molecule has 2 unspecified atom stereocenters. The van der Waals surface area contributed by atoms with Crippen molar-refractivity contribution in [3.63, 3.8) is 0 Å². The Hall–Kier alpha value is -1.93. The molecule has 27 heavy (non-hydrogen) atoms. The molecule has 1 saturated heterocycles. The fourth-order valence-electron chi connectivity index (χ4n) is 3.12. The molecular formula is C19H20F3NO3S. The van der Waals surface area contributed by atoms with Crippen LogP contribution in [-0.2, 0) is 10.9 Å². The molecule has 146 valence electrons. The molecule has 1 fully saturated rings. The van der Waals surface area contributed by atoms with Gasteiger partial charge in [0.15, 0.2) is 11.3 Å². The molecule has 2 heterocycles. The van der Waals surface area contributed by atoms with E-state index in [1.54, 1.807) is 12.3 Å². The average Bonchev–Trinajstić information content (AvgIpc) is 2.60. The molecule has 0 saturated carbocycles. The third kappa shape index (κ3) is 4.68. The van der Waals surface area contributed by atoms with Gasteiger partial charge in [-0.1, -0.05) is 6.07 Å². The van der Waals surface area contributed by atoms with Crippen molar-refractivity contribution in [2.24, 2.45) is 0 Å². The highest BCUT2D eigenvalue weighted by molar-refractivity contribution is 8.00. The summed E-state index contributed by atoms with van der Waals surface area (Å²) in [6.07, 6.45) is -2.02. The van der Waals surface area contributed by atoms with Crippen molar-refractivity contribution >= 4 is 11.8 Å². The minimum absolute atomic E-state index is 0.191. The van der Waals surface area contributed by atoms with E-state index in [0.29, 0.717) is 35.8 Å². The van der Waals surface area contributed by atoms with Gasteiger partial charge in [-0.15, -0.1) is 11.8 Å². The first-order chi connectivity index (χ1) is 12.7. The molecule has 0 spiro atoms. The normalized spacial score (nSPS) is 23.2. The van der Waals surface area contributed by atoms with E-state index < -0.39 is 17.8 Å². The average molecular weight is 399 g/mol. The highest BCUT2D eigenvalue weighted by Gasteiger charge is 2.36. The number of aromatic nitrogens is 1. The summed E-state index contributed by atoms with van der Waals surface area (Å²) in [5.41, 5.74) is -0.360. The summed E-state index contributed by atoms with van der Waals surface area (Å²) in [6.45, 7) is 2.42. The number of thioether (sulfide) groups is 1. The number of methoxy groups -OCH3 is 1. The number of hydrogen-bond donors (Lipinski definition) is 1. The Morgan fingerprint density at radius 3 is 2.78 bits per heavy atom. The molecule has 4 nitrogen and oxygen atoms in total. The third-order valence-corrected chi connectivity index (χ3v) is 5.93. The van der Waals surface area contributed by atoms with E-state index in [-0.39, 0.29) is 10.2 Å². The van der Waals surface area contributed by atoms with Gasteiger partial charge < -0.3 is 14.5 Å². The van der Waals surface area contributed by atoms with Gasteiger partial charge in [0.25, 0.3) is 0 Å². The lowest BCUT2D eigenvalue weighted by atomic mass is 9.93. The molecule has 1 N–H and O–H groups in total. The Labute approximate surface area is 159 Å². The summed E-state index contributed by atoms with van der Waals surface area (Å²) < 4.78 is 49.3. The summed E-state index contributed by atoms with van der Waals surface area (Å²) in [6, 6.07) is 6.69. The molecule has 3 rings (SSSR count). The Morgan fingerprint density at radius 1 is 1.33 bits per heavy atom. The van der Waals surface area contributed by atoms with E-state index in [4.69, 9.17) is 9.47 Å². The summed E-state index contributed by atoms with van der Waals surface area (Å²) in [5, 5.41) is 0. The number of hydrogen-bond acceptors (Lipinski definition) is 4. The van der Waals surface area contributed by atoms with E-state index in [0.717, 1.165) is 6.07 Å². The second kappa shape index (κ2) is 7.59. The Kier molecular flexibility index (Phi) is 5.58. The van der Waals surface area contributed by atoms with Gasteiger partial charge in [0.05, 0.1) is 18.8 Å². The Bertz CT molecular complexity index is 868. The molecule has 0 aliphatic carbocycles. The summed E-state index contributed by atoms with van der Waals surface area (Å²) in [5.74, 6) is 0.362. The predicted octanol–water partition coefficient (Wildman–Crippen LogP) is 4.80. The highest BCUT2D eigenvalue weighted by Crippen LogP contribution is 2.46. The van der Waals surface area contributed by atoms with E-state index in [1.165, 1.54) is 37.1 Å². The third-order valence-electron chi connectivity index (χ3n) is 4.58. The van der Waals surface area contributed by atoms with Crippen LogP contribution in [0.25, 0.3) is 0 Å². The molecule has 0 amide bonds. The van der Waals surface area contributed by atoms with Crippen LogP contribution in [0.1, 0.15) is 37.0 Å². The maximum absolute atomic E-state index is 13.0. The van der Waals surface area contributed by atoms with Crippen LogP contribution in [-0.4, -0.2) is 23.4 Å². The lowest BCUT2D eigenvalue weighted by Gasteiger charge is -2.37. The van der Waals surface area contributed by atoms with Crippen molar-refractivity contribution in [3.8, 4) is 5.88 Å². The molecule has 2 aromatic rings. The number of benzene rings is 1. The second-order valence-corrected chi connectivity index (χ2v) is 8.37. The minimum Gasteiger partial charge on any atom is -0.482 e. The van der Waals surface area contributed by atoms with Crippen LogP contribution in [0.2, 0.25) is 0 Å². The zero-order valence-corrected chi connectivity index (χ0v) is 15.7. The van der Waals surface area contributed by atoms with Gasteiger partial charge in [-0.3, -0.25) is 4.79 Å². The van der Waals surface area contributed by atoms with E-state index in [2.05, 4.69) is 4.98 Å². The van der Waals surface area contributed by atoms with Crippen molar-refractivity contribution in [1.82, 2.24) is 4.98 Å². The lowest BCUT2D eigenvalue weighted by molar-refractivity contribution is -0.137. The standard InChI is InChI=1S/C19H20F3NO3S/c1-18(27-13-5-3-4-12(8-13)19(20,21)22)6-7-26-16(10-18)14-11-23-17(25-2)9-15(14)24/h3-5,8-9,11,16H,6-7,10H2,1-2H3,(H,23,24). The van der Waals surface area contributed by atoms with Crippen molar-refractivity contribution < 1.29 is 22.6 Å². The summed E-state index contributed by atoms with van der Waals surface area (Å²) >= 11 is 1.39. The fraction of sp³-hybridized carbons (Fsp3) is 0.421.